The van der Waals surface area contributed by atoms with Crippen LogP contribution in [0.25, 0.3) is 11.1 Å². The highest BCUT2D eigenvalue weighted by Gasteiger charge is 2.18. The van der Waals surface area contributed by atoms with E-state index in [2.05, 4.69) is 5.32 Å². The van der Waals surface area contributed by atoms with Crippen molar-refractivity contribution in [2.24, 2.45) is 5.73 Å². The first-order valence-corrected chi connectivity index (χ1v) is 8.51. The molecule has 0 aliphatic heterocycles. The van der Waals surface area contributed by atoms with Gasteiger partial charge in [0.15, 0.2) is 0 Å². The van der Waals surface area contributed by atoms with E-state index in [1.165, 1.54) is 12.1 Å². The fourth-order valence-electron chi connectivity index (χ4n) is 2.80. The number of nitrogens with one attached hydrogen (secondary N) is 1. The smallest absolute Gasteiger partial charge is 0.248 e. The molecule has 3 aromatic rings. The van der Waals surface area contributed by atoms with E-state index in [4.69, 9.17) is 5.73 Å². The van der Waals surface area contributed by atoms with Crippen molar-refractivity contribution in [1.82, 2.24) is 0 Å². The highest BCUT2D eigenvalue weighted by atomic mass is 19.1. The molecule has 2 amide bonds. The molecule has 0 heterocycles. The van der Waals surface area contributed by atoms with Crippen LogP contribution in [0.4, 0.5) is 10.1 Å². The lowest BCUT2D eigenvalue weighted by molar-refractivity contribution is -0.117. The van der Waals surface area contributed by atoms with Crippen LogP contribution in [0.1, 0.15) is 28.8 Å². The Labute approximate surface area is 156 Å². The molecule has 0 bridgehead atoms. The van der Waals surface area contributed by atoms with Gasteiger partial charge in [0.2, 0.25) is 11.8 Å². The molecule has 0 aliphatic carbocycles. The highest BCUT2D eigenvalue weighted by Crippen LogP contribution is 2.27. The first kappa shape index (κ1) is 18.3. The summed E-state index contributed by atoms with van der Waals surface area (Å²) in [7, 11) is 0. The Bertz CT molecular complexity index is 987. The van der Waals surface area contributed by atoms with Crippen molar-refractivity contribution in [3.05, 3.63) is 89.7 Å². The molecule has 0 fully saturated rings. The number of hydrogen-bond acceptors (Lipinski definition) is 2. The van der Waals surface area contributed by atoms with Gasteiger partial charge in [0.05, 0.1) is 5.92 Å². The number of hydrogen-bond donors (Lipinski definition) is 2. The molecule has 27 heavy (non-hydrogen) atoms. The van der Waals surface area contributed by atoms with E-state index >= 15 is 0 Å². The molecule has 136 valence electrons. The van der Waals surface area contributed by atoms with Gasteiger partial charge < -0.3 is 11.1 Å². The summed E-state index contributed by atoms with van der Waals surface area (Å²) in [5.74, 6) is -1.82. The van der Waals surface area contributed by atoms with Crippen LogP contribution in [0.15, 0.2) is 72.8 Å². The van der Waals surface area contributed by atoms with Gasteiger partial charge in [0.1, 0.15) is 5.82 Å². The Morgan fingerprint density at radius 3 is 2.37 bits per heavy atom. The quantitative estimate of drug-likeness (QED) is 0.709. The van der Waals surface area contributed by atoms with Crippen LogP contribution >= 0.6 is 0 Å². The second-order valence-electron chi connectivity index (χ2n) is 6.26. The van der Waals surface area contributed by atoms with Crippen LogP contribution in [-0.4, -0.2) is 11.8 Å². The maximum absolute atomic E-state index is 14.5. The van der Waals surface area contributed by atoms with Crippen molar-refractivity contribution in [3.8, 4) is 11.1 Å². The number of halogens is 1. The third-order valence-electron chi connectivity index (χ3n) is 4.39. The predicted molar refractivity (Wildman–Crippen MR) is 104 cm³/mol. The fourth-order valence-corrected chi connectivity index (χ4v) is 2.80. The number of amides is 2. The van der Waals surface area contributed by atoms with Crippen molar-refractivity contribution in [3.63, 3.8) is 0 Å². The maximum Gasteiger partial charge on any atom is 0.248 e. The Kier molecular flexibility index (Phi) is 5.31. The average molecular weight is 362 g/mol. The monoisotopic (exact) mass is 362 g/mol. The van der Waals surface area contributed by atoms with Crippen molar-refractivity contribution >= 4 is 17.5 Å². The maximum atomic E-state index is 14.5. The zero-order valence-electron chi connectivity index (χ0n) is 14.8. The molecule has 3 aromatic carbocycles. The summed E-state index contributed by atoms with van der Waals surface area (Å²) >= 11 is 0. The van der Waals surface area contributed by atoms with Gasteiger partial charge in [0, 0.05) is 16.8 Å². The van der Waals surface area contributed by atoms with Crippen molar-refractivity contribution in [1.29, 1.82) is 0 Å². The van der Waals surface area contributed by atoms with Crippen LogP contribution in [0.5, 0.6) is 0 Å². The molecule has 0 saturated carbocycles. The molecule has 0 aromatic heterocycles. The molecule has 1 atom stereocenters. The van der Waals surface area contributed by atoms with E-state index in [1.54, 1.807) is 37.3 Å². The number of rotatable bonds is 5. The number of primary amides is 1. The van der Waals surface area contributed by atoms with Gasteiger partial charge in [-0.1, -0.05) is 48.5 Å². The minimum Gasteiger partial charge on any atom is -0.366 e. The Morgan fingerprint density at radius 2 is 1.70 bits per heavy atom. The van der Waals surface area contributed by atoms with Gasteiger partial charge in [-0.05, 0) is 42.3 Å². The zero-order chi connectivity index (χ0) is 19.4. The summed E-state index contributed by atoms with van der Waals surface area (Å²) in [4.78, 5) is 23.8. The van der Waals surface area contributed by atoms with Crippen LogP contribution < -0.4 is 11.1 Å². The van der Waals surface area contributed by atoms with E-state index in [1.807, 2.05) is 30.3 Å². The van der Waals surface area contributed by atoms with Crippen molar-refractivity contribution in [2.45, 2.75) is 12.8 Å². The largest absolute Gasteiger partial charge is 0.366 e. The van der Waals surface area contributed by atoms with Crippen molar-refractivity contribution in [2.75, 3.05) is 5.32 Å². The average Bonchev–Trinajstić information content (AvgIpc) is 2.68. The number of benzene rings is 3. The second kappa shape index (κ2) is 7.83. The Morgan fingerprint density at radius 1 is 0.963 bits per heavy atom. The summed E-state index contributed by atoms with van der Waals surface area (Å²) in [6.07, 6.45) is 0. The SMILES string of the molecule is CC(C(=O)Nc1cccc(C(N)=O)c1)c1ccc(-c2ccccc2)c(F)c1. The van der Waals surface area contributed by atoms with E-state index in [9.17, 15) is 14.0 Å². The van der Waals surface area contributed by atoms with Crippen LogP contribution in [-0.2, 0) is 4.79 Å². The Balaban J connectivity index is 1.78. The van der Waals surface area contributed by atoms with E-state index in [0.29, 0.717) is 22.4 Å². The number of nitrogens with two attached hydrogens (primary N) is 1. The van der Waals surface area contributed by atoms with Gasteiger partial charge in [-0.25, -0.2) is 4.39 Å². The van der Waals surface area contributed by atoms with E-state index in [0.717, 1.165) is 5.56 Å². The normalized spacial score (nSPS) is 11.6. The second-order valence-corrected chi connectivity index (χ2v) is 6.26. The third-order valence-corrected chi connectivity index (χ3v) is 4.39. The lowest BCUT2D eigenvalue weighted by atomic mass is 9.96. The number of anilines is 1. The first-order valence-electron chi connectivity index (χ1n) is 8.51. The molecular formula is C22H19FN2O2. The van der Waals surface area contributed by atoms with Gasteiger partial charge in [-0.3, -0.25) is 9.59 Å². The van der Waals surface area contributed by atoms with Crippen LogP contribution in [0, 0.1) is 5.82 Å². The molecule has 0 radical (unpaired) electrons. The van der Waals surface area contributed by atoms with Crippen molar-refractivity contribution < 1.29 is 14.0 Å². The van der Waals surface area contributed by atoms with E-state index < -0.39 is 11.8 Å². The highest BCUT2D eigenvalue weighted by molar-refractivity contribution is 5.98. The summed E-state index contributed by atoms with van der Waals surface area (Å²) in [6, 6.07) is 20.4. The summed E-state index contributed by atoms with van der Waals surface area (Å²) < 4.78 is 14.5. The molecule has 3 N–H and O–H groups in total. The molecule has 0 aliphatic rings. The minimum atomic E-state index is -0.572. The molecule has 1 unspecified atom stereocenters. The van der Waals surface area contributed by atoms with Gasteiger partial charge in [0.25, 0.3) is 0 Å². The summed E-state index contributed by atoms with van der Waals surface area (Å²) in [6.45, 7) is 1.70. The summed E-state index contributed by atoms with van der Waals surface area (Å²) in [5.41, 5.74) is 7.85. The van der Waals surface area contributed by atoms with E-state index in [-0.39, 0.29) is 11.7 Å². The van der Waals surface area contributed by atoms with Crippen LogP contribution in [0.2, 0.25) is 0 Å². The number of carbonyl (C=O) groups is 2. The first-order chi connectivity index (χ1) is 13.0. The zero-order valence-corrected chi connectivity index (χ0v) is 14.8. The lowest BCUT2D eigenvalue weighted by Gasteiger charge is -2.14. The number of carbonyl (C=O) groups excluding carboxylic acids is 2. The fraction of sp³-hybridized carbons (Fsp3) is 0.0909. The Hall–Kier alpha value is -3.47. The lowest BCUT2D eigenvalue weighted by Crippen LogP contribution is -2.19. The topological polar surface area (TPSA) is 72.2 Å². The standard InChI is InChI=1S/C22H19FN2O2/c1-14(22(27)25-18-9-5-8-17(12-18)21(24)26)16-10-11-19(20(23)13-16)15-6-3-2-4-7-15/h2-14H,1H3,(H2,24,26)(H,25,27). The molecule has 0 saturated heterocycles. The minimum absolute atomic E-state index is 0.302. The molecule has 4 nitrogen and oxygen atoms in total. The molecular weight excluding hydrogens is 343 g/mol. The third kappa shape index (κ3) is 4.20. The van der Waals surface area contributed by atoms with Gasteiger partial charge in [-0.2, -0.15) is 0 Å². The summed E-state index contributed by atoms with van der Waals surface area (Å²) in [5, 5.41) is 2.73. The predicted octanol–water partition coefficient (Wildman–Crippen LogP) is 4.33. The van der Waals surface area contributed by atoms with Gasteiger partial charge in [-0.15, -0.1) is 0 Å². The van der Waals surface area contributed by atoms with Gasteiger partial charge >= 0.3 is 0 Å². The molecule has 3 rings (SSSR count). The van der Waals surface area contributed by atoms with Crippen LogP contribution in [0.3, 0.4) is 0 Å². The molecule has 5 heteroatoms. The molecule has 0 spiro atoms.